The molecule has 0 saturated carbocycles. The summed E-state index contributed by atoms with van der Waals surface area (Å²) in [5, 5.41) is 11.6. The predicted molar refractivity (Wildman–Crippen MR) is 67.8 cm³/mol. The quantitative estimate of drug-likeness (QED) is 0.834. The molecule has 1 aromatic rings. The van der Waals surface area contributed by atoms with Gasteiger partial charge in [-0.15, -0.1) is 0 Å². The summed E-state index contributed by atoms with van der Waals surface area (Å²) in [5.41, 5.74) is 0.0649. The molecule has 0 bridgehead atoms. The Labute approximate surface area is 114 Å². The highest BCUT2D eigenvalue weighted by atomic mass is 35.5. The molecule has 106 valence electrons. The molecule has 1 amide bonds. The van der Waals surface area contributed by atoms with Crippen LogP contribution in [0.1, 0.15) is 10.4 Å². The third-order valence-corrected chi connectivity index (χ3v) is 2.66. The van der Waals surface area contributed by atoms with Gasteiger partial charge in [-0.1, -0.05) is 11.6 Å². The van der Waals surface area contributed by atoms with E-state index in [1.165, 1.54) is 12.3 Å². The molecule has 0 aliphatic rings. The van der Waals surface area contributed by atoms with Crippen LogP contribution in [0, 0.1) is 0 Å². The van der Waals surface area contributed by atoms with Crippen molar-refractivity contribution in [3.05, 3.63) is 22.8 Å². The van der Waals surface area contributed by atoms with Gasteiger partial charge in [0.1, 0.15) is 5.82 Å². The number of carbonyl (C=O) groups is 1. The van der Waals surface area contributed by atoms with E-state index in [4.69, 9.17) is 16.7 Å². The van der Waals surface area contributed by atoms with Gasteiger partial charge in [-0.05, 0) is 6.07 Å². The number of halogens is 3. The lowest BCUT2D eigenvalue weighted by molar-refractivity contribution is 0.0509. The van der Waals surface area contributed by atoms with Gasteiger partial charge < -0.3 is 15.3 Å². The lowest BCUT2D eigenvalue weighted by Gasteiger charge is -2.22. The fourth-order valence-electron chi connectivity index (χ4n) is 1.47. The van der Waals surface area contributed by atoms with Gasteiger partial charge in [-0.25, -0.2) is 13.8 Å². The molecule has 8 heteroatoms. The molecule has 1 heterocycles. The number of rotatable bonds is 6. The Bertz CT molecular complexity index is 446. The highest BCUT2D eigenvalue weighted by molar-refractivity contribution is 6.33. The number of nitrogens with one attached hydrogen (secondary N) is 1. The van der Waals surface area contributed by atoms with Crippen LogP contribution in [0.5, 0.6) is 0 Å². The molecular formula is C11H14ClF2N3O2. The second-order valence-electron chi connectivity index (χ2n) is 3.67. The maximum absolute atomic E-state index is 12.4. The van der Waals surface area contributed by atoms with Crippen LogP contribution in [0.2, 0.25) is 5.02 Å². The van der Waals surface area contributed by atoms with Crippen molar-refractivity contribution in [1.29, 1.82) is 0 Å². The van der Waals surface area contributed by atoms with Crippen LogP contribution in [0.4, 0.5) is 14.6 Å². The maximum Gasteiger partial charge on any atom is 0.255 e. The number of anilines is 1. The van der Waals surface area contributed by atoms with Gasteiger partial charge in [0, 0.05) is 19.8 Å². The number of pyridine rings is 1. The summed E-state index contributed by atoms with van der Waals surface area (Å²) in [5.74, 6) is -0.271. The molecule has 0 saturated heterocycles. The fourth-order valence-corrected chi connectivity index (χ4v) is 1.66. The van der Waals surface area contributed by atoms with Crippen molar-refractivity contribution in [2.75, 3.05) is 32.1 Å². The van der Waals surface area contributed by atoms with Crippen molar-refractivity contribution in [3.8, 4) is 0 Å². The van der Waals surface area contributed by atoms with Crippen molar-refractivity contribution < 1.29 is 18.7 Å². The van der Waals surface area contributed by atoms with Gasteiger partial charge in [0.05, 0.1) is 23.7 Å². The first-order valence-corrected chi connectivity index (χ1v) is 5.89. The van der Waals surface area contributed by atoms with E-state index >= 15 is 0 Å². The van der Waals surface area contributed by atoms with E-state index in [-0.39, 0.29) is 17.1 Å². The molecule has 2 N–H and O–H groups in total. The summed E-state index contributed by atoms with van der Waals surface area (Å²) in [6, 6.07) is 1.38. The largest absolute Gasteiger partial charge is 0.395 e. The third kappa shape index (κ3) is 4.29. The molecule has 0 unspecified atom stereocenters. The maximum atomic E-state index is 12.4. The summed E-state index contributed by atoms with van der Waals surface area (Å²) in [6.45, 7) is -1.34. The normalized spacial score (nSPS) is 10.6. The number of aliphatic hydroxyl groups excluding tert-OH is 1. The van der Waals surface area contributed by atoms with E-state index in [1.807, 2.05) is 0 Å². The first kappa shape index (κ1) is 15.6. The van der Waals surface area contributed by atoms with E-state index in [2.05, 4.69) is 10.3 Å². The second-order valence-corrected chi connectivity index (χ2v) is 4.07. The third-order valence-electron chi connectivity index (χ3n) is 2.36. The minimum atomic E-state index is -2.68. The van der Waals surface area contributed by atoms with Crippen LogP contribution in [0.3, 0.4) is 0 Å². The highest BCUT2D eigenvalue weighted by Gasteiger charge is 2.21. The Kier molecular flexibility index (Phi) is 5.91. The van der Waals surface area contributed by atoms with Crippen molar-refractivity contribution in [3.63, 3.8) is 0 Å². The number of aliphatic hydroxyl groups is 1. The summed E-state index contributed by atoms with van der Waals surface area (Å²) in [7, 11) is 1.61. The van der Waals surface area contributed by atoms with Crippen molar-refractivity contribution in [2.24, 2.45) is 0 Å². The number of carbonyl (C=O) groups excluding carboxylic acids is 1. The fraction of sp³-hybridized carbons (Fsp3) is 0.455. The lowest BCUT2D eigenvalue weighted by atomic mass is 10.2. The zero-order valence-corrected chi connectivity index (χ0v) is 11.0. The molecule has 1 aromatic heterocycles. The van der Waals surface area contributed by atoms with Crippen molar-refractivity contribution in [1.82, 2.24) is 9.88 Å². The SMILES string of the molecule is CNc1cc(C(=O)N(CCO)CC(F)F)c(Cl)cn1. The monoisotopic (exact) mass is 293 g/mol. The average Bonchev–Trinajstić information content (AvgIpc) is 2.37. The molecule has 1 rings (SSSR count). The van der Waals surface area contributed by atoms with Crippen LogP contribution < -0.4 is 5.32 Å². The second kappa shape index (κ2) is 7.20. The van der Waals surface area contributed by atoms with Crippen LogP contribution >= 0.6 is 11.6 Å². The van der Waals surface area contributed by atoms with Crippen LogP contribution in [0.15, 0.2) is 12.3 Å². The van der Waals surface area contributed by atoms with Crippen molar-refractivity contribution >= 4 is 23.3 Å². The number of hydrogen-bond acceptors (Lipinski definition) is 4. The lowest BCUT2D eigenvalue weighted by Crippen LogP contribution is -2.37. The van der Waals surface area contributed by atoms with Crippen LogP contribution in [-0.2, 0) is 0 Å². The Hall–Kier alpha value is -1.47. The first-order valence-electron chi connectivity index (χ1n) is 5.51. The van der Waals surface area contributed by atoms with Gasteiger partial charge in [-0.2, -0.15) is 0 Å². The van der Waals surface area contributed by atoms with E-state index < -0.39 is 25.5 Å². The Morgan fingerprint density at radius 1 is 1.63 bits per heavy atom. The molecular weight excluding hydrogens is 280 g/mol. The Morgan fingerprint density at radius 2 is 2.32 bits per heavy atom. The van der Waals surface area contributed by atoms with E-state index in [0.29, 0.717) is 5.82 Å². The molecule has 0 aliphatic carbocycles. The first-order chi connectivity index (χ1) is 8.99. The van der Waals surface area contributed by atoms with Crippen molar-refractivity contribution in [2.45, 2.75) is 6.43 Å². The highest BCUT2D eigenvalue weighted by Crippen LogP contribution is 2.20. The van der Waals surface area contributed by atoms with Gasteiger partial charge in [-0.3, -0.25) is 4.79 Å². The molecule has 19 heavy (non-hydrogen) atoms. The van der Waals surface area contributed by atoms with Crippen LogP contribution in [0.25, 0.3) is 0 Å². The van der Waals surface area contributed by atoms with E-state index in [0.717, 1.165) is 4.90 Å². The molecule has 0 radical (unpaired) electrons. The summed E-state index contributed by atoms with van der Waals surface area (Å²) in [4.78, 5) is 16.8. The summed E-state index contributed by atoms with van der Waals surface area (Å²) < 4.78 is 24.8. The molecule has 5 nitrogen and oxygen atoms in total. The standard InChI is InChI=1S/C11H14ClF2N3O2/c1-15-10-4-7(8(12)5-16-10)11(19)17(2-3-18)6-9(13)14/h4-5,9,18H,2-3,6H2,1H3,(H,15,16). The smallest absolute Gasteiger partial charge is 0.255 e. The summed E-state index contributed by atoms with van der Waals surface area (Å²) >= 11 is 5.84. The number of aromatic nitrogens is 1. The summed E-state index contributed by atoms with van der Waals surface area (Å²) in [6.07, 6.45) is -1.42. The molecule has 0 fully saturated rings. The number of amides is 1. The zero-order valence-electron chi connectivity index (χ0n) is 10.2. The van der Waals surface area contributed by atoms with Gasteiger partial charge >= 0.3 is 0 Å². The predicted octanol–water partition coefficient (Wildman–Crippen LogP) is 1.48. The van der Waals surface area contributed by atoms with Crippen LogP contribution in [-0.4, -0.2) is 54.1 Å². The topological polar surface area (TPSA) is 65.5 Å². The van der Waals surface area contributed by atoms with E-state index in [9.17, 15) is 13.6 Å². The molecule has 0 aromatic carbocycles. The molecule has 0 aliphatic heterocycles. The average molecular weight is 294 g/mol. The van der Waals surface area contributed by atoms with Gasteiger partial charge in [0.25, 0.3) is 12.3 Å². The van der Waals surface area contributed by atoms with Gasteiger partial charge in [0.2, 0.25) is 0 Å². The molecule has 0 spiro atoms. The van der Waals surface area contributed by atoms with E-state index in [1.54, 1.807) is 7.05 Å². The minimum absolute atomic E-state index is 0.0649. The number of alkyl halides is 2. The number of nitrogens with zero attached hydrogens (tertiary/aromatic N) is 2. The Morgan fingerprint density at radius 3 is 2.84 bits per heavy atom. The number of hydrogen-bond donors (Lipinski definition) is 2. The zero-order chi connectivity index (χ0) is 14.4. The Balaban J connectivity index is 3.01. The minimum Gasteiger partial charge on any atom is -0.395 e. The molecule has 0 atom stereocenters. The van der Waals surface area contributed by atoms with Gasteiger partial charge in [0.15, 0.2) is 0 Å².